The van der Waals surface area contributed by atoms with Crippen LogP contribution in [0.2, 0.25) is 20.2 Å². The molecule has 3 aromatic heterocycles. The molecular formula is C17H14Cl4N6O. The van der Waals surface area contributed by atoms with Crippen molar-refractivity contribution in [1.82, 2.24) is 24.7 Å². The van der Waals surface area contributed by atoms with Gasteiger partial charge in [0.15, 0.2) is 5.69 Å². The van der Waals surface area contributed by atoms with Gasteiger partial charge in [-0.05, 0) is 6.07 Å². The number of carbonyl (C=O) groups excluding carboxylic acids is 1. The fraction of sp³-hybridized carbons (Fsp3) is 0.235. The first-order chi connectivity index (χ1) is 13.1. The maximum absolute atomic E-state index is 12.8. The SMILES string of the molecule is CC(C)(C)c1cc(NC(=O)c2nc(Cl)c(Cl)c(Cl)c2Cl)n(-c2ncccn2)n1. The maximum Gasteiger partial charge on any atom is 0.277 e. The Morgan fingerprint density at radius 2 is 1.68 bits per heavy atom. The molecule has 0 aliphatic heterocycles. The molecule has 146 valence electrons. The van der Waals surface area contributed by atoms with E-state index in [0.29, 0.717) is 11.8 Å². The predicted octanol–water partition coefficient (Wildman–Crippen LogP) is 5.22. The average molecular weight is 460 g/mol. The second kappa shape index (κ2) is 7.83. The summed E-state index contributed by atoms with van der Waals surface area (Å²) in [5, 5.41) is 6.92. The molecule has 0 aliphatic rings. The van der Waals surface area contributed by atoms with Crippen LogP contribution < -0.4 is 5.32 Å². The van der Waals surface area contributed by atoms with Crippen molar-refractivity contribution in [3.63, 3.8) is 0 Å². The van der Waals surface area contributed by atoms with Gasteiger partial charge >= 0.3 is 0 Å². The minimum atomic E-state index is -0.636. The van der Waals surface area contributed by atoms with Crippen LogP contribution in [0.4, 0.5) is 5.82 Å². The smallest absolute Gasteiger partial charge is 0.277 e. The Bertz CT molecular complexity index is 1050. The molecule has 0 saturated carbocycles. The summed E-state index contributed by atoms with van der Waals surface area (Å²) in [6.45, 7) is 5.98. The molecule has 7 nitrogen and oxygen atoms in total. The van der Waals surface area contributed by atoms with Gasteiger partial charge in [-0.15, -0.1) is 0 Å². The van der Waals surface area contributed by atoms with Gasteiger partial charge in [-0.25, -0.2) is 15.0 Å². The van der Waals surface area contributed by atoms with E-state index in [1.165, 1.54) is 4.68 Å². The quantitative estimate of drug-likeness (QED) is 0.542. The Kier molecular flexibility index (Phi) is 5.82. The monoisotopic (exact) mass is 458 g/mol. The second-order valence-electron chi connectivity index (χ2n) is 6.77. The molecule has 0 radical (unpaired) electrons. The van der Waals surface area contributed by atoms with Crippen LogP contribution in [0.1, 0.15) is 37.0 Å². The van der Waals surface area contributed by atoms with E-state index in [2.05, 4.69) is 25.4 Å². The molecule has 0 unspecified atom stereocenters. The number of amides is 1. The van der Waals surface area contributed by atoms with Crippen LogP contribution in [0.3, 0.4) is 0 Å². The molecule has 0 aliphatic carbocycles. The van der Waals surface area contributed by atoms with Crippen LogP contribution in [-0.4, -0.2) is 30.6 Å². The van der Waals surface area contributed by atoms with Crippen molar-refractivity contribution < 1.29 is 4.79 Å². The fourth-order valence-corrected chi connectivity index (χ4v) is 3.02. The Morgan fingerprint density at radius 1 is 1.04 bits per heavy atom. The van der Waals surface area contributed by atoms with Crippen LogP contribution in [0, 0.1) is 0 Å². The molecule has 11 heteroatoms. The largest absolute Gasteiger partial charge is 0.305 e. The third kappa shape index (κ3) is 4.07. The number of hydrogen-bond acceptors (Lipinski definition) is 5. The minimum absolute atomic E-state index is 0.0253. The van der Waals surface area contributed by atoms with E-state index >= 15 is 0 Å². The molecule has 1 amide bonds. The Morgan fingerprint density at radius 3 is 2.29 bits per heavy atom. The van der Waals surface area contributed by atoms with Crippen molar-refractivity contribution in [2.24, 2.45) is 0 Å². The van der Waals surface area contributed by atoms with Crippen molar-refractivity contribution in [2.45, 2.75) is 26.2 Å². The fourth-order valence-electron chi connectivity index (χ4n) is 2.20. The van der Waals surface area contributed by atoms with Crippen LogP contribution in [0.15, 0.2) is 24.5 Å². The molecule has 0 spiro atoms. The van der Waals surface area contributed by atoms with Gasteiger partial charge in [-0.2, -0.15) is 9.78 Å². The lowest BCUT2D eigenvalue weighted by atomic mass is 9.92. The van der Waals surface area contributed by atoms with Gasteiger partial charge in [0.05, 0.1) is 20.8 Å². The second-order valence-corrected chi connectivity index (χ2v) is 8.26. The van der Waals surface area contributed by atoms with E-state index in [-0.39, 0.29) is 31.3 Å². The highest BCUT2D eigenvalue weighted by Gasteiger charge is 2.25. The molecule has 3 rings (SSSR count). The summed E-state index contributed by atoms with van der Waals surface area (Å²) in [5.74, 6) is -0.0104. The standard InChI is InChI=1S/C17H14Cl4N6O/c1-17(2,3)8-7-9(27(26-8)16-22-5-4-6-23-16)24-15(28)13-11(19)10(18)12(20)14(21)25-13/h4-7H,1-3H3,(H,24,28). The lowest BCUT2D eigenvalue weighted by Gasteiger charge is -2.13. The molecule has 0 atom stereocenters. The van der Waals surface area contributed by atoms with E-state index < -0.39 is 5.91 Å². The number of halogens is 4. The number of aromatic nitrogens is 5. The topological polar surface area (TPSA) is 85.6 Å². The third-order valence-corrected chi connectivity index (χ3v) is 5.34. The van der Waals surface area contributed by atoms with Gasteiger partial charge in [0.2, 0.25) is 0 Å². The van der Waals surface area contributed by atoms with Crippen LogP contribution in [0.25, 0.3) is 5.95 Å². The third-order valence-electron chi connectivity index (χ3n) is 3.66. The molecular weight excluding hydrogens is 446 g/mol. The van der Waals surface area contributed by atoms with Crippen molar-refractivity contribution >= 4 is 58.1 Å². The van der Waals surface area contributed by atoms with Crippen molar-refractivity contribution in [3.05, 3.63) is 56.1 Å². The molecule has 0 aromatic carbocycles. The van der Waals surface area contributed by atoms with Gasteiger partial charge in [0, 0.05) is 23.9 Å². The normalized spacial score (nSPS) is 11.5. The maximum atomic E-state index is 12.8. The van der Waals surface area contributed by atoms with Gasteiger partial charge < -0.3 is 5.32 Å². The minimum Gasteiger partial charge on any atom is -0.305 e. The lowest BCUT2D eigenvalue weighted by Crippen LogP contribution is -2.18. The number of carbonyl (C=O) groups is 1. The molecule has 0 saturated heterocycles. The van der Waals surface area contributed by atoms with Gasteiger partial charge in [0.25, 0.3) is 11.9 Å². The van der Waals surface area contributed by atoms with E-state index in [0.717, 1.165) is 5.69 Å². The van der Waals surface area contributed by atoms with Crippen molar-refractivity contribution in [1.29, 1.82) is 0 Å². The number of nitrogens with zero attached hydrogens (tertiary/aromatic N) is 5. The van der Waals surface area contributed by atoms with Gasteiger partial charge in [0.1, 0.15) is 11.0 Å². The summed E-state index contributed by atoms with van der Waals surface area (Å²) in [5.41, 5.74) is 0.282. The number of nitrogens with one attached hydrogen (secondary N) is 1. The van der Waals surface area contributed by atoms with Crippen molar-refractivity contribution in [2.75, 3.05) is 5.32 Å². The summed E-state index contributed by atoms with van der Waals surface area (Å²) in [6, 6.07) is 3.40. The zero-order valence-electron chi connectivity index (χ0n) is 15.0. The molecule has 0 fully saturated rings. The van der Waals surface area contributed by atoms with Gasteiger partial charge in [-0.1, -0.05) is 67.2 Å². The van der Waals surface area contributed by atoms with Crippen molar-refractivity contribution in [3.8, 4) is 5.95 Å². The first-order valence-corrected chi connectivity index (χ1v) is 9.50. The van der Waals surface area contributed by atoms with Crippen LogP contribution >= 0.6 is 46.4 Å². The van der Waals surface area contributed by atoms with Crippen LogP contribution in [0.5, 0.6) is 0 Å². The summed E-state index contributed by atoms with van der Waals surface area (Å²) in [6.07, 6.45) is 3.15. The number of anilines is 1. The first kappa shape index (κ1) is 20.8. The average Bonchev–Trinajstić information content (AvgIpc) is 3.07. The summed E-state index contributed by atoms with van der Waals surface area (Å²) in [4.78, 5) is 25.1. The van der Waals surface area contributed by atoms with E-state index in [4.69, 9.17) is 46.4 Å². The Labute approximate surface area is 181 Å². The summed E-state index contributed by atoms with van der Waals surface area (Å²) in [7, 11) is 0. The number of rotatable bonds is 3. The Balaban J connectivity index is 2.05. The molecule has 28 heavy (non-hydrogen) atoms. The Hall–Kier alpha value is -1.93. The highest BCUT2D eigenvalue weighted by Crippen LogP contribution is 2.36. The van der Waals surface area contributed by atoms with Crippen LogP contribution in [-0.2, 0) is 5.41 Å². The molecule has 3 aromatic rings. The van der Waals surface area contributed by atoms with E-state index in [1.54, 1.807) is 24.5 Å². The van der Waals surface area contributed by atoms with E-state index in [1.807, 2.05) is 20.8 Å². The molecule has 3 heterocycles. The molecule has 1 N–H and O–H groups in total. The number of pyridine rings is 1. The molecule has 0 bridgehead atoms. The highest BCUT2D eigenvalue weighted by atomic mass is 35.5. The van der Waals surface area contributed by atoms with E-state index in [9.17, 15) is 4.79 Å². The zero-order chi connectivity index (χ0) is 20.6. The lowest BCUT2D eigenvalue weighted by molar-refractivity contribution is 0.102. The van der Waals surface area contributed by atoms with Gasteiger partial charge in [-0.3, -0.25) is 4.79 Å². The highest BCUT2D eigenvalue weighted by molar-refractivity contribution is 6.52. The zero-order valence-corrected chi connectivity index (χ0v) is 18.0. The summed E-state index contributed by atoms with van der Waals surface area (Å²) < 4.78 is 1.42. The number of hydrogen-bond donors (Lipinski definition) is 1. The first-order valence-electron chi connectivity index (χ1n) is 7.99. The predicted molar refractivity (Wildman–Crippen MR) is 110 cm³/mol. The summed E-state index contributed by atoms with van der Waals surface area (Å²) >= 11 is 24.0.